The van der Waals surface area contributed by atoms with Gasteiger partial charge in [0, 0.05) is 5.56 Å². The molecule has 0 heterocycles. The Bertz CT molecular complexity index is 672. The molecule has 0 radical (unpaired) electrons. The van der Waals surface area contributed by atoms with Gasteiger partial charge in [-0.3, -0.25) is 4.79 Å². The molecule has 0 bridgehead atoms. The van der Waals surface area contributed by atoms with E-state index in [1.807, 2.05) is 18.2 Å². The van der Waals surface area contributed by atoms with Crippen LogP contribution >= 0.6 is 0 Å². The van der Waals surface area contributed by atoms with Crippen molar-refractivity contribution in [2.24, 2.45) is 0 Å². The number of aryl methyl sites for hydroxylation is 1. The van der Waals surface area contributed by atoms with Crippen molar-refractivity contribution in [3.8, 4) is 0 Å². The summed E-state index contributed by atoms with van der Waals surface area (Å²) in [5.41, 5.74) is 3.20. The summed E-state index contributed by atoms with van der Waals surface area (Å²) in [6.07, 6.45) is 1.86. The molecule has 5 heteroatoms. The van der Waals surface area contributed by atoms with Crippen molar-refractivity contribution in [1.82, 2.24) is 5.32 Å². The average Bonchev–Trinajstić information content (AvgIpc) is 2.91. The zero-order chi connectivity index (χ0) is 14.8. The maximum atomic E-state index is 12.3. The molecule has 1 aliphatic rings. The van der Waals surface area contributed by atoms with Gasteiger partial charge in [-0.15, -0.1) is 0 Å². The van der Waals surface area contributed by atoms with Crippen LogP contribution < -0.4 is 10.8 Å². The molecule has 21 heavy (non-hydrogen) atoms. The van der Waals surface area contributed by atoms with Crippen LogP contribution in [0.1, 0.15) is 33.9 Å². The average molecular weight is 281 g/mol. The normalized spacial score (nSPS) is 16.4. The Hall–Kier alpha value is -2.11. The van der Waals surface area contributed by atoms with Crippen molar-refractivity contribution in [2.45, 2.75) is 18.9 Å². The van der Waals surface area contributed by atoms with Gasteiger partial charge < -0.3 is 15.4 Å². The Balaban J connectivity index is 1.77. The molecular weight excluding hydrogens is 265 g/mol. The third-order valence-electron chi connectivity index (χ3n) is 3.89. The van der Waals surface area contributed by atoms with Crippen molar-refractivity contribution < 1.29 is 14.8 Å². The van der Waals surface area contributed by atoms with Crippen molar-refractivity contribution >= 4 is 18.5 Å². The van der Waals surface area contributed by atoms with Gasteiger partial charge in [0.05, 0.1) is 6.04 Å². The van der Waals surface area contributed by atoms with E-state index in [2.05, 4.69) is 11.4 Å². The van der Waals surface area contributed by atoms with Gasteiger partial charge in [-0.2, -0.15) is 0 Å². The molecule has 0 spiro atoms. The molecule has 1 atom stereocenters. The first-order valence-corrected chi connectivity index (χ1v) is 7.00. The third kappa shape index (κ3) is 2.84. The van der Waals surface area contributed by atoms with E-state index in [0.717, 1.165) is 12.8 Å². The fraction of sp³-hybridized carbons (Fsp3) is 0.188. The summed E-state index contributed by atoms with van der Waals surface area (Å²) < 4.78 is 0. The highest BCUT2D eigenvalue weighted by Crippen LogP contribution is 2.30. The molecule has 4 nitrogen and oxygen atoms in total. The maximum absolute atomic E-state index is 12.3. The monoisotopic (exact) mass is 281 g/mol. The predicted octanol–water partition coefficient (Wildman–Crippen LogP) is 0.784. The molecule has 0 saturated carbocycles. The molecule has 2 aromatic carbocycles. The molecule has 0 saturated heterocycles. The molecule has 3 N–H and O–H groups in total. The van der Waals surface area contributed by atoms with Crippen molar-refractivity contribution in [2.75, 3.05) is 0 Å². The summed E-state index contributed by atoms with van der Waals surface area (Å²) in [6.45, 7) is 0. The Morgan fingerprint density at radius 1 is 1.14 bits per heavy atom. The van der Waals surface area contributed by atoms with E-state index in [1.165, 1.54) is 17.2 Å². The molecular formula is C16H16BNO3. The second kappa shape index (κ2) is 5.72. The molecule has 0 fully saturated rings. The van der Waals surface area contributed by atoms with E-state index in [1.54, 1.807) is 18.2 Å². The van der Waals surface area contributed by atoms with E-state index in [-0.39, 0.29) is 11.9 Å². The molecule has 1 amide bonds. The highest BCUT2D eigenvalue weighted by atomic mass is 16.4. The van der Waals surface area contributed by atoms with E-state index in [4.69, 9.17) is 10.0 Å². The van der Waals surface area contributed by atoms with Crippen LogP contribution in [0.3, 0.4) is 0 Å². The Morgan fingerprint density at radius 2 is 1.95 bits per heavy atom. The van der Waals surface area contributed by atoms with Gasteiger partial charge in [0.25, 0.3) is 5.91 Å². The van der Waals surface area contributed by atoms with Crippen LogP contribution in [0.2, 0.25) is 0 Å². The lowest BCUT2D eigenvalue weighted by molar-refractivity contribution is 0.0937. The molecule has 0 aromatic heterocycles. The van der Waals surface area contributed by atoms with Gasteiger partial charge in [-0.1, -0.05) is 36.4 Å². The van der Waals surface area contributed by atoms with E-state index < -0.39 is 7.12 Å². The number of nitrogens with one attached hydrogen (secondary N) is 1. The first-order chi connectivity index (χ1) is 10.1. The van der Waals surface area contributed by atoms with Gasteiger partial charge in [0.1, 0.15) is 0 Å². The van der Waals surface area contributed by atoms with Gasteiger partial charge in [0.15, 0.2) is 0 Å². The quantitative estimate of drug-likeness (QED) is 0.728. The van der Waals surface area contributed by atoms with Gasteiger partial charge >= 0.3 is 7.12 Å². The minimum atomic E-state index is -1.56. The van der Waals surface area contributed by atoms with Crippen molar-refractivity contribution in [3.63, 3.8) is 0 Å². The minimum Gasteiger partial charge on any atom is -0.423 e. The summed E-state index contributed by atoms with van der Waals surface area (Å²) in [5.74, 6) is -0.195. The molecule has 1 unspecified atom stereocenters. The molecule has 106 valence electrons. The van der Waals surface area contributed by atoms with Crippen LogP contribution in [0.25, 0.3) is 0 Å². The van der Waals surface area contributed by atoms with Crippen LogP contribution in [-0.4, -0.2) is 23.1 Å². The summed E-state index contributed by atoms with van der Waals surface area (Å²) in [6, 6.07) is 14.5. The number of benzene rings is 2. The first kappa shape index (κ1) is 13.9. The van der Waals surface area contributed by atoms with Crippen molar-refractivity contribution in [1.29, 1.82) is 0 Å². The van der Waals surface area contributed by atoms with Gasteiger partial charge in [-0.05, 0) is 41.6 Å². The third-order valence-corrected chi connectivity index (χ3v) is 3.89. The summed E-state index contributed by atoms with van der Waals surface area (Å²) >= 11 is 0. The Morgan fingerprint density at radius 3 is 2.76 bits per heavy atom. The van der Waals surface area contributed by atoms with Crippen LogP contribution in [-0.2, 0) is 6.42 Å². The van der Waals surface area contributed by atoms with E-state index in [9.17, 15) is 4.79 Å². The van der Waals surface area contributed by atoms with Crippen LogP contribution in [0, 0.1) is 0 Å². The lowest BCUT2D eigenvalue weighted by Gasteiger charge is -2.14. The topological polar surface area (TPSA) is 69.6 Å². The van der Waals surface area contributed by atoms with E-state index >= 15 is 0 Å². The second-order valence-electron chi connectivity index (χ2n) is 5.26. The minimum absolute atomic E-state index is 0.0245. The largest absolute Gasteiger partial charge is 0.488 e. The molecule has 2 aromatic rings. The Labute approximate surface area is 123 Å². The SMILES string of the molecule is O=C(NC1CCc2ccccc21)c1cccc(B(O)O)c1. The molecule has 1 aliphatic carbocycles. The second-order valence-corrected chi connectivity index (χ2v) is 5.26. The van der Waals surface area contributed by atoms with E-state index in [0.29, 0.717) is 11.0 Å². The number of hydrogen-bond acceptors (Lipinski definition) is 3. The summed E-state index contributed by atoms with van der Waals surface area (Å²) in [7, 11) is -1.56. The molecule has 3 rings (SSSR count). The molecule has 0 aliphatic heterocycles. The van der Waals surface area contributed by atoms with Crippen LogP contribution in [0.5, 0.6) is 0 Å². The summed E-state index contributed by atoms with van der Waals surface area (Å²) in [5, 5.41) is 21.4. The zero-order valence-corrected chi connectivity index (χ0v) is 11.5. The lowest BCUT2D eigenvalue weighted by Crippen LogP contribution is -2.32. The van der Waals surface area contributed by atoms with Crippen LogP contribution in [0.4, 0.5) is 0 Å². The number of carbonyl (C=O) groups excluding carboxylic acids is 1. The maximum Gasteiger partial charge on any atom is 0.488 e. The van der Waals surface area contributed by atoms with Crippen molar-refractivity contribution in [3.05, 3.63) is 65.2 Å². The van der Waals surface area contributed by atoms with Gasteiger partial charge in [-0.25, -0.2) is 0 Å². The zero-order valence-electron chi connectivity index (χ0n) is 11.5. The number of fused-ring (bicyclic) bond motifs is 1. The standard InChI is InChI=1S/C16H16BNO3/c19-16(12-5-3-6-13(10-12)17(20)21)18-15-9-8-11-4-1-2-7-14(11)15/h1-7,10,15,20-21H,8-9H2,(H,18,19). The smallest absolute Gasteiger partial charge is 0.423 e. The highest BCUT2D eigenvalue weighted by Gasteiger charge is 2.24. The van der Waals surface area contributed by atoms with Gasteiger partial charge in [0.2, 0.25) is 0 Å². The number of carbonyl (C=O) groups is 1. The predicted molar refractivity (Wildman–Crippen MR) is 81.2 cm³/mol. The number of hydrogen-bond donors (Lipinski definition) is 3. The fourth-order valence-electron chi connectivity index (χ4n) is 2.79. The lowest BCUT2D eigenvalue weighted by atomic mass is 9.79. The fourth-order valence-corrected chi connectivity index (χ4v) is 2.79. The number of rotatable bonds is 3. The number of amides is 1. The highest BCUT2D eigenvalue weighted by molar-refractivity contribution is 6.58. The first-order valence-electron chi connectivity index (χ1n) is 7.00. The van der Waals surface area contributed by atoms with Crippen LogP contribution in [0.15, 0.2) is 48.5 Å². The Kier molecular flexibility index (Phi) is 3.77. The summed E-state index contributed by atoms with van der Waals surface area (Å²) in [4.78, 5) is 12.3.